The molecule has 1 amide bonds. The largest absolute Gasteiger partial charge is 0.311 e. The summed E-state index contributed by atoms with van der Waals surface area (Å²) in [5.74, 6) is -0.212. The molecule has 2 aromatic carbocycles. The predicted molar refractivity (Wildman–Crippen MR) is 98.2 cm³/mol. The molecule has 1 N–H and O–H groups in total. The van der Waals surface area contributed by atoms with Gasteiger partial charge in [0.15, 0.2) is 0 Å². The molecule has 0 saturated carbocycles. The van der Waals surface area contributed by atoms with Crippen molar-refractivity contribution < 1.29 is 13.2 Å². The number of carbonyl (C=O) groups is 1. The van der Waals surface area contributed by atoms with Crippen molar-refractivity contribution in [3.05, 3.63) is 59.2 Å². The van der Waals surface area contributed by atoms with Gasteiger partial charge in [-0.2, -0.15) is 4.72 Å². The maximum absolute atomic E-state index is 12.8. The zero-order chi connectivity index (χ0) is 18.2. The number of nitrogens with zero attached hydrogens (tertiary/aromatic N) is 1. The first kappa shape index (κ1) is 17.6. The molecule has 132 valence electrons. The van der Waals surface area contributed by atoms with E-state index in [-0.39, 0.29) is 10.8 Å². The van der Waals surface area contributed by atoms with Crippen LogP contribution >= 0.6 is 0 Å². The summed E-state index contributed by atoms with van der Waals surface area (Å²) in [5, 5.41) is 0. The van der Waals surface area contributed by atoms with Crippen LogP contribution in [-0.2, 0) is 14.8 Å². The number of aryl methyl sites for hydroxylation is 3. The van der Waals surface area contributed by atoms with Crippen molar-refractivity contribution in [1.82, 2.24) is 4.72 Å². The molecular formula is C19H22N2O3S. The van der Waals surface area contributed by atoms with E-state index in [0.29, 0.717) is 18.5 Å². The van der Waals surface area contributed by atoms with Crippen LogP contribution in [0.1, 0.15) is 23.1 Å². The van der Waals surface area contributed by atoms with Crippen LogP contribution in [0, 0.1) is 20.8 Å². The van der Waals surface area contributed by atoms with Crippen LogP contribution in [0.15, 0.2) is 47.4 Å². The maximum Gasteiger partial charge on any atom is 0.245 e. The Morgan fingerprint density at radius 2 is 1.64 bits per heavy atom. The minimum absolute atomic E-state index is 0.212. The van der Waals surface area contributed by atoms with E-state index in [9.17, 15) is 13.2 Å². The molecule has 1 atom stereocenters. The van der Waals surface area contributed by atoms with Gasteiger partial charge in [0.1, 0.15) is 6.04 Å². The second kappa shape index (κ2) is 6.61. The van der Waals surface area contributed by atoms with Crippen LogP contribution in [-0.4, -0.2) is 26.9 Å². The van der Waals surface area contributed by atoms with Crippen LogP contribution in [0.3, 0.4) is 0 Å². The minimum atomic E-state index is -3.75. The topological polar surface area (TPSA) is 66.5 Å². The van der Waals surface area contributed by atoms with E-state index in [2.05, 4.69) is 4.72 Å². The number of sulfonamides is 1. The standard InChI is InChI=1S/C19H22N2O3S/c1-13-11-15(3)18(12-14(13)2)25(23,24)20-17-9-10-21(19(17)22)16-7-5-4-6-8-16/h4-8,11-12,17,20H,9-10H2,1-3H3. The number of hydrogen-bond donors (Lipinski definition) is 1. The highest BCUT2D eigenvalue weighted by atomic mass is 32.2. The number of benzene rings is 2. The van der Waals surface area contributed by atoms with Crippen molar-refractivity contribution >= 4 is 21.6 Å². The minimum Gasteiger partial charge on any atom is -0.311 e. The number of hydrogen-bond acceptors (Lipinski definition) is 3. The summed E-state index contributed by atoms with van der Waals surface area (Å²) in [7, 11) is -3.75. The van der Waals surface area contributed by atoms with Gasteiger partial charge in [0, 0.05) is 12.2 Å². The number of para-hydroxylation sites is 1. The van der Waals surface area contributed by atoms with E-state index in [1.54, 1.807) is 17.9 Å². The molecule has 1 unspecified atom stereocenters. The Balaban J connectivity index is 1.83. The number of anilines is 1. The summed E-state index contributed by atoms with van der Waals surface area (Å²) in [6, 6.07) is 12.1. The zero-order valence-corrected chi connectivity index (χ0v) is 15.4. The van der Waals surface area contributed by atoms with E-state index < -0.39 is 16.1 Å². The molecular weight excluding hydrogens is 336 g/mol. The van der Waals surface area contributed by atoms with Gasteiger partial charge >= 0.3 is 0 Å². The third kappa shape index (κ3) is 3.45. The van der Waals surface area contributed by atoms with Crippen molar-refractivity contribution in [2.45, 2.75) is 38.1 Å². The molecule has 5 nitrogen and oxygen atoms in total. The summed E-state index contributed by atoms with van der Waals surface area (Å²) in [5.41, 5.74) is 3.43. The fourth-order valence-electron chi connectivity index (χ4n) is 3.13. The molecule has 1 fully saturated rings. The number of rotatable bonds is 4. The Hall–Kier alpha value is -2.18. The average Bonchev–Trinajstić information content (AvgIpc) is 2.92. The first-order chi connectivity index (χ1) is 11.8. The summed E-state index contributed by atoms with van der Waals surface area (Å²) >= 11 is 0. The summed E-state index contributed by atoms with van der Waals surface area (Å²) in [6.07, 6.45) is 0.455. The third-order valence-corrected chi connectivity index (χ3v) is 6.27. The fraction of sp³-hybridized carbons (Fsp3) is 0.316. The first-order valence-corrected chi connectivity index (χ1v) is 9.74. The van der Waals surface area contributed by atoms with Crippen molar-refractivity contribution in [2.75, 3.05) is 11.4 Å². The van der Waals surface area contributed by atoms with Gasteiger partial charge < -0.3 is 4.90 Å². The number of nitrogens with one attached hydrogen (secondary N) is 1. The van der Waals surface area contributed by atoms with Gasteiger partial charge in [-0.15, -0.1) is 0 Å². The molecule has 0 aliphatic carbocycles. The maximum atomic E-state index is 12.8. The normalized spacial score (nSPS) is 18.0. The molecule has 1 aliphatic rings. The molecule has 0 radical (unpaired) electrons. The van der Waals surface area contributed by atoms with E-state index in [1.165, 1.54) is 0 Å². The van der Waals surface area contributed by atoms with Crippen molar-refractivity contribution in [2.24, 2.45) is 0 Å². The van der Waals surface area contributed by atoms with Gasteiger partial charge in [0.2, 0.25) is 15.9 Å². The molecule has 1 aliphatic heterocycles. The predicted octanol–water partition coefficient (Wildman–Crippen LogP) is 2.70. The van der Waals surface area contributed by atoms with Crippen LogP contribution < -0.4 is 9.62 Å². The second-order valence-electron chi connectivity index (χ2n) is 6.49. The highest BCUT2D eigenvalue weighted by Crippen LogP contribution is 2.24. The van der Waals surface area contributed by atoms with Gasteiger partial charge in [0.05, 0.1) is 4.90 Å². The van der Waals surface area contributed by atoms with E-state index >= 15 is 0 Å². The highest BCUT2D eigenvalue weighted by molar-refractivity contribution is 7.89. The van der Waals surface area contributed by atoms with Crippen LogP contribution in [0.2, 0.25) is 0 Å². The molecule has 1 heterocycles. The van der Waals surface area contributed by atoms with Crippen molar-refractivity contribution in [3.63, 3.8) is 0 Å². The monoisotopic (exact) mass is 358 g/mol. The van der Waals surface area contributed by atoms with Crippen LogP contribution in [0.25, 0.3) is 0 Å². The Morgan fingerprint density at radius 1 is 1.00 bits per heavy atom. The molecule has 0 aromatic heterocycles. The molecule has 1 saturated heterocycles. The van der Waals surface area contributed by atoms with Gasteiger partial charge in [-0.05, 0) is 62.1 Å². The number of amides is 1. The molecule has 3 rings (SSSR count). The van der Waals surface area contributed by atoms with Gasteiger partial charge in [-0.1, -0.05) is 24.3 Å². The molecule has 0 bridgehead atoms. The lowest BCUT2D eigenvalue weighted by Crippen LogP contribution is -2.41. The van der Waals surface area contributed by atoms with E-state index in [4.69, 9.17) is 0 Å². The molecule has 6 heteroatoms. The Labute approximate surface area is 148 Å². The van der Waals surface area contributed by atoms with E-state index in [0.717, 1.165) is 16.8 Å². The first-order valence-electron chi connectivity index (χ1n) is 8.26. The van der Waals surface area contributed by atoms with E-state index in [1.807, 2.05) is 50.2 Å². The van der Waals surface area contributed by atoms with Gasteiger partial charge in [0.25, 0.3) is 0 Å². The lowest BCUT2D eigenvalue weighted by molar-refractivity contribution is -0.118. The van der Waals surface area contributed by atoms with Gasteiger partial charge in [-0.3, -0.25) is 4.79 Å². The highest BCUT2D eigenvalue weighted by Gasteiger charge is 2.36. The third-order valence-electron chi connectivity index (χ3n) is 4.65. The molecule has 2 aromatic rings. The van der Waals surface area contributed by atoms with Crippen molar-refractivity contribution in [1.29, 1.82) is 0 Å². The SMILES string of the molecule is Cc1cc(C)c(S(=O)(=O)NC2CCN(c3ccccc3)C2=O)cc1C. The Morgan fingerprint density at radius 3 is 2.32 bits per heavy atom. The Bertz CT molecular complexity index is 908. The smallest absolute Gasteiger partial charge is 0.245 e. The second-order valence-corrected chi connectivity index (χ2v) is 8.17. The van der Waals surface area contributed by atoms with Crippen LogP contribution in [0.4, 0.5) is 5.69 Å². The van der Waals surface area contributed by atoms with Crippen molar-refractivity contribution in [3.8, 4) is 0 Å². The fourth-order valence-corrected chi connectivity index (χ4v) is 4.66. The molecule has 0 spiro atoms. The zero-order valence-electron chi connectivity index (χ0n) is 14.6. The summed E-state index contributed by atoms with van der Waals surface area (Å²) < 4.78 is 28.1. The quantitative estimate of drug-likeness (QED) is 0.914. The summed E-state index contributed by atoms with van der Waals surface area (Å²) in [4.78, 5) is 14.5. The average molecular weight is 358 g/mol. The summed E-state index contributed by atoms with van der Waals surface area (Å²) in [6.45, 7) is 6.10. The van der Waals surface area contributed by atoms with Crippen LogP contribution in [0.5, 0.6) is 0 Å². The number of carbonyl (C=O) groups excluding carboxylic acids is 1. The van der Waals surface area contributed by atoms with Gasteiger partial charge in [-0.25, -0.2) is 8.42 Å². The lowest BCUT2D eigenvalue weighted by Gasteiger charge is -2.18. The Kier molecular flexibility index (Phi) is 4.67. The molecule has 25 heavy (non-hydrogen) atoms. The lowest BCUT2D eigenvalue weighted by atomic mass is 10.1.